The fourth-order valence-electron chi connectivity index (χ4n) is 13.5. The van der Waals surface area contributed by atoms with Crippen molar-refractivity contribution in [3.05, 3.63) is 303 Å². The van der Waals surface area contributed by atoms with Gasteiger partial charge < -0.3 is 9.13 Å². The highest BCUT2D eigenvalue weighted by Crippen LogP contribution is 2.43. The van der Waals surface area contributed by atoms with Crippen LogP contribution < -0.4 is 41.5 Å². The number of nitrogens with zero attached hydrogens (tertiary/aromatic N) is 2. The second-order valence-corrected chi connectivity index (χ2v) is 27.8. The van der Waals surface area contributed by atoms with Gasteiger partial charge in [-0.3, -0.25) is 0 Å². The molecule has 2 aromatic heterocycles. The first-order chi connectivity index (χ1) is 37.7. The van der Waals surface area contributed by atoms with E-state index in [0.29, 0.717) is 0 Å². The number of rotatable bonds is 9. The monoisotopic (exact) mass is 998 g/mol. The van der Waals surface area contributed by atoms with Crippen LogP contribution in [0.3, 0.4) is 0 Å². The lowest BCUT2D eigenvalue weighted by molar-refractivity contribution is 1.17. The van der Waals surface area contributed by atoms with E-state index in [4.69, 9.17) is 0 Å². The molecule has 0 aliphatic carbocycles. The molecule has 4 heteroatoms. The molecule has 0 bridgehead atoms. The first-order valence-corrected chi connectivity index (χ1v) is 30.4. The molecule has 1 aliphatic heterocycles. The van der Waals surface area contributed by atoms with E-state index < -0.39 is 16.1 Å². The third-order valence-corrected chi connectivity index (χ3v) is 26.2. The van der Waals surface area contributed by atoms with E-state index in [1.807, 2.05) is 0 Å². The van der Waals surface area contributed by atoms with Gasteiger partial charge in [0.2, 0.25) is 0 Å². The Balaban J connectivity index is 0.926. The molecule has 0 amide bonds. The molecule has 0 spiro atoms. The summed E-state index contributed by atoms with van der Waals surface area (Å²) >= 11 is 0. The molecule has 0 unspecified atom stereocenters. The molecule has 1 aliphatic rings. The summed E-state index contributed by atoms with van der Waals surface area (Å²) in [5.74, 6) is 0. The zero-order chi connectivity index (χ0) is 50.2. The summed E-state index contributed by atoms with van der Waals surface area (Å²) in [5.41, 5.74) is 12.2. The Bertz CT molecular complexity index is 4350. The van der Waals surface area contributed by atoms with Crippen LogP contribution in [0.5, 0.6) is 0 Å². The van der Waals surface area contributed by atoms with Crippen LogP contribution in [0, 0.1) is 0 Å². The minimum Gasteiger partial charge on any atom is -0.309 e. The highest BCUT2D eigenvalue weighted by atomic mass is 28.3. The Morgan fingerprint density at radius 1 is 0.276 bits per heavy atom. The van der Waals surface area contributed by atoms with Gasteiger partial charge in [-0.15, -0.1) is 0 Å². The largest absolute Gasteiger partial charge is 0.309 e. The van der Waals surface area contributed by atoms with Gasteiger partial charge >= 0.3 is 0 Å². The summed E-state index contributed by atoms with van der Waals surface area (Å²) in [6.07, 6.45) is 0. The standard InChI is InChI=1S/C72H50N2Si2/c1-6-24-53(25-7-1)75(54-26-8-2-9-27-54,55-28-10-3-11-29-55)58-47-45-52(46-48-58)73-64-38-19-17-36-63(64)72-67(73)41-23-42-68(72)74-65-39-20-16-35-62(65)71-59(37-22-40-66(71)74)51-44-49-61-60-34-18-21-43-69(60)76(70(61)50-51,56-30-12-4-13-31-56)57-32-14-5-15-33-57/h1-50H. The van der Waals surface area contributed by atoms with Crippen LogP contribution in [0.2, 0.25) is 0 Å². The van der Waals surface area contributed by atoms with Gasteiger partial charge in [0.1, 0.15) is 0 Å². The van der Waals surface area contributed by atoms with Crippen LogP contribution in [-0.4, -0.2) is 25.3 Å². The van der Waals surface area contributed by atoms with Crippen LogP contribution >= 0.6 is 0 Å². The van der Waals surface area contributed by atoms with Crippen molar-refractivity contribution in [1.82, 2.24) is 9.13 Å². The van der Waals surface area contributed by atoms with E-state index in [1.165, 1.54) is 113 Å². The lowest BCUT2D eigenvalue weighted by atomic mass is 9.97. The molecule has 3 heterocycles. The van der Waals surface area contributed by atoms with E-state index in [0.717, 1.165) is 5.69 Å². The van der Waals surface area contributed by atoms with E-state index in [2.05, 4.69) is 312 Å². The molecular weight excluding hydrogens is 949 g/mol. The van der Waals surface area contributed by atoms with Gasteiger partial charge in [0.15, 0.2) is 16.1 Å². The quantitative estimate of drug-likeness (QED) is 0.101. The Morgan fingerprint density at radius 2 is 0.711 bits per heavy atom. The molecule has 0 saturated carbocycles. The van der Waals surface area contributed by atoms with Crippen molar-refractivity contribution in [2.75, 3.05) is 0 Å². The van der Waals surface area contributed by atoms with Gasteiger partial charge in [0, 0.05) is 27.2 Å². The van der Waals surface area contributed by atoms with Crippen molar-refractivity contribution < 1.29 is 0 Å². The molecule has 0 saturated heterocycles. The van der Waals surface area contributed by atoms with Crippen LogP contribution in [0.25, 0.3) is 77.2 Å². The number of hydrogen-bond acceptors (Lipinski definition) is 0. The first-order valence-electron chi connectivity index (χ1n) is 26.4. The molecule has 15 rings (SSSR count). The van der Waals surface area contributed by atoms with Crippen molar-refractivity contribution in [2.24, 2.45) is 0 Å². The molecule has 2 nitrogen and oxygen atoms in total. The highest BCUT2D eigenvalue weighted by Gasteiger charge is 2.49. The molecule has 0 fully saturated rings. The van der Waals surface area contributed by atoms with E-state index >= 15 is 0 Å². The summed E-state index contributed by atoms with van der Waals surface area (Å²) in [5, 5.41) is 16.1. The van der Waals surface area contributed by atoms with Crippen molar-refractivity contribution in [1.29, 1.82) is 0 Å². The number of fused-ring (bicyclic) bond motifs is 9. The van der Waals surface area contributed by atoms with E-state index in [9.17, 15) is 0 Å². The lowest BCUT2D eigenvalue weighted by Gasteiger charge is -2.34. The van der Waals surface area contributed by atoms with E-state index in [-0.39, 0.29) is 0 Å². The number of hydrogen-bond donors (Lipinski definition) is 0. The average molecular weight is 999 g/mol. The van der Waals surface area contributed by atoms with Crippen LogP contribution in [0.4, 0.5) is 0 Å². The summed E-state index contributed by atoms with van der Waals surface area (Å²) in [6, 6.07) is 114. The Morgan fingerprint density at radius 3 is 1.32 bits per heavy atom. The molecule has 356 valence electrons. The number of para-hydroxylation sites is 2. The molecule has 0 atom stereocenters. The smallest absolute Gasteiger partial charge is 0.180 e. The summed E-state index contributed by atoms with van der Waals surface area (Å²) in [6.45, 7) is 0. The SMILES string of the molecule is c1ccc([Si](c2ccccc2)(c2ccccc2)c2ccc(-n3c4ccccc4c4c(-n5c6ccccc6c6c(-c7ccc8c(c7)[Si](c7ccccc7)(c7ccccc7)c7ccccc7-8)cccc65)cccc43)cc2)cc1. The summed E-state index contributed by atoms with van der Waals surface area (Å²) in [7, 11) is -5.42. The molecule has 0 N–H and O–H groups in total. The van der Waals surface area contributed by atoms with Crippen molar-refractivity contribution in [3.8, 4) is 33.6 Å². The predicted molar refractivity (Wildman–Crippen MR) is 327 cm³/mol. The van der Waals surface area contributed by atoms with Crippen molar-refractivity contribution in [3.63, 3.8) is 0 Å². The zero-order valence-corrected chi connectivity index (χ0v) is 43.8. The van der Waals surface area contributed by atoms with Gasteiger partial charge in [-0.2, -0.15) is 0 Å². The maximum atomic E-state index is 2.56. The van der Waals surface area contributed by atoms with Crippen LogP contribution in [-0.2, 0) is 0 Å². The summed E-state index contributed by atoms with van der Waals surface area (Å²) in [4.78, 5) is 0. The van der Waals surface area contributed by atoms with Crippen molar-refractivity contribution >= 4 is 101 Å². The number of benzene rings is 12. The molecule has 0 radical (unpaired) electrons. The number of aromatic nitrogens is 2. The van der Waals surface area contributed by atoms with Gasteiger partial charge in [-0.1, -0.05) is 261 Å². The van der Waals surface area contributed by atoms with Gasteiger partial charge in [-0.05, 0) is 106 Å². The molecule has 76 heavy (non-hydrogen) atoms. The Kier molecular flexibility index (Phi) is 10.3. The molecule has 14 aromatic rings. The van der Waals surface area contributed by atoms with Gasteiger partial charge in [0.25, 0.3) is 0 Å². The Labute approximate surface area is 444 Å². The minimum absolute atomic E-state index is 1.14. The average Bonchev–Trinajstić information content (AvgIpc) is 4.16. The molecule has 12 aromatic carbocycles. The second kappa shape index (κ2) is 17.7. The highest BCUT2D eigenvalue weighted by molar-refractivity contribution is 7.22. The fraction of sp³-hybridized carbons (Fsp3) is 0. The minimum atomic E-state index is -2.71. The Hall–Kier alpha value is -9.33. The van der Waals surface area contributed by atoms with Crippen LogP contribution in [0.1, 0.15) is 0 Å². The predicted octanol–water partition coefficient (Wildman–Crippen LogP) is 12.3. The van der Waals surface area contributed by atoms with Gasteiger partial charge in [0.05, 0.1) is 27.8 Å². The summed E-state index contributed by atoms with van der Waals surface area (Å²) < 4.78 is 5.01. The normalized spacial score (nSPS) is 12.8. The molecular formula is C72H50N2Si2. The maximum Gasteiger partial charge on any atom is 0.180 e. The maximum absolute atomic E-state index is 2.71. The van der Waals surface area contributed by atoms with E-state index in [1.54, 1.807) is 0 Å². The van der Waals surface area contributed by atoms with Crippen LogP contribution in [0.15, 0.2) is 303 Å². The third kappa shape index (κ3) is 6.38. The van der Waals surface area contributed by atoms with Crippen molar-refractivity contribution in [2.45, 2.75) is 0 Å². The topological polar surface area (TPSA) is 9.86 Å². The van der Waals surface area contributed by atoms with Gasteiger partial charge in [-0.25, -0.2) is 0 Å². The first kappa shape index (κ1) is 44.2. The lowest BCUT2D eigenvalue weighted by Crippen LogP contribution is -2.74. The zero-order valence-electron chi connectivity index (χ0n) is 41.8. The fourth-order valence-corrected chi connectivity index (χ4v) is 23.5. The third-order valence-electron chi connectivity index (χ3n) is 16.6. The second-order valence-electron chi connectivity index (χ2n) is 20.3.